The summed E-state index contributed by atoms with van der Waals surface area (Å²) >= 11 is 1.39. The Morgan fingerprint density at radius 2 is 1.84 bits per heavy atom. The molecule has 0 fully saturated rings. The second-order valence-electron chi connectivity index (χ2n) is 8.75. The lowest BCUT2D eigenvalue weighted by molar-refractivity contribution is -0.131. The van der Waals surface area contributed by atoms with Crippen LogP contribution in [0.3, 0.4) is 0 Å². The van der Waals surface area contributed by atoms with Crippen LogP contribution >= 0.6 is 11.3 Å². The van der Waals surface area contributed by atoms with Crippen LogP contribution in [0.5, 0.6) is 5.75 Å². The normalized spacial score (nSPS) is 12.2. The van der Waals surface area contributed by atoms with Gasteiger partial charge in [-0.3, -0.25) is 9.59 Å². The van der Waals surface area contributed by atoms with Gasteiger partial charge in [-0.1, -0.05) is 33.8 Å². The number of carbonyl (C=O) groups is 3. The molecule has 1 aromatic carbocycles. The van der Waals surface area contributed by atoms with E-state index in [1.165, 1.54) is 18.3 Å². The molecule has 1 atom stereocenters. The number of carbonyl (C=O) groups excluding carboxylic acids is 3. The van der Waals surface area contributed by atoms with E-state index in [-0.39, 0.29) is 23.8 Å². The molecule has 0 aliphatic heterocycles. The highest BCUT2D eigenvalue weighted by Crippen LogP contribution is 2.39. The van der Waals surface area contributed by atoms with Crippen LogP contribution in [-0.4, -0.2) is 24.5 Å². The predicted octanol–water partition coefficient (Wildman–Crippen LogP) is 5.95. The van der Waals surface area contributed by atoms with Crippen molar-refractivity contribution in [2.24, 2.45) is 5.41 Å². The van der Waals surface area contributed by atoms with E-state index in [1.807, 2.05) is 6.07 Å². The molecule has 2 rings (SSSR count). The van der Waals surface area contributed by atoms with E-state index in [2.05, 4.69) is 33.0 Å². The third-order valence-corrected chi connectivity index (χ3v) is 5.94. The zero-order chi connectivity index (χ0) is 23.3. The van der Waals surface area contributed by atoms with Crippen LogP contribution < -0.4 is 10.1 Å². The Hall–Kier alpha value is -2.67. The summed E-state index contributed by atoms with van der Waals surface area (Å²) in [6, 6.07) is 6.75. The number of benzene rings is 1. The maximum absolute atomic E-state index is 13.0. The first-order chi connectivity index (χ1) is 14.4. The van der Waals surface area contributed by atoms with Gasteiger partial charge in [0.2, 0.25) is 0 Å². The van der Waals surface area contributed by atoms with Crippen LogP contribution in [0.1, 0.15) is 85.0 Å². The summed E-state index contributed by atoms with van der Waals surface area (Å²) in [5.74, 6) is -0.752. The van der Waals surface area contributed by atoms with Crippen molar-refractivity contribution in [2.75, 3.05) is 11.9 Å². The van der Waals surface area contributed by atoms with Crippen molar-refractivity contribution >= 4 is 34.2 Å². The number of amides is 1. The van der Waals surface area contributed by atoms with Crippen LogP contribution in [0.15, 0.2) is 24.3 Å². The van der Waals surface area contributed by atoms with Gasteiger partial charge in [0.1, 0.15) is 10.8 Å². The Morgan fingerprint density at radius 3 is 2.42 bits per heavy atom. The largest absolute Gasteiger partial charge is 0.462 e. The smallest absolute Gasteiger partial charge is 0.341 e. The van der Waals surface area contributed by atoms with Gasteiger partial charge in [0.15, 0.2) is 0 Å². The Morgan fingerprint density at radius 1 is 1.16 bits per heavy atom. The van der Waals surface area contributed by atoms with Crippen LogP contribution in [0, 0.1) is 12.3 Å². The Kier molecular flexibility index (Phi) is 8.01. The Labute approximate surface area is 187 Å². The molecule has 1 N–H and O–H groups in total. The van der Waals surface area contributed by atoms with Crippen LogP contribution in [0.25, 0.3) is 0 Å². The van der Waals surface area contributed by atoms with Crippen molar-refractivity contribution in [1.82, 2.24) is 0 Å². The van der Waals surface area contributed by atoms with Gasteiger partial charge in [-0.15, -0.1) is 11.3 Å². The predicted molar refractivity (Wildman–Crippen MR) is 123 cm³/mol. The van der Waals surface area contributed by atoms with Gasteiger partial charge >= 0.3 is 11.9 Å². The van der Waals surface area contributed by atoms with Crippen molar-refractivity contribution in [3.05, 3.63) is 45.8 Å². The molecule has 0 saturated heterocycles. The first kappa shape index (κ1) is 24.6. The molecule has 31 heavy (non-hydrogen) atoms. The highest BCUT2D eigenvalue weighted by atomic mass is 32.1. The first-order valence-electron chi connectivity index (χ1n) is 10.3. The molecule has 1 amide bonds. The fourth-order valence-electron chi connectivity index (χ4n) is 3.42. The number of nitrogens with one attached hydrogen (secondary N) is 1. The Balaban J connectivity index is 2.37. The zero-order valence-electron chi connectivity index (χ0n) is 19.3. The summed E-state index contributed by atoms with van der Waals surface area (Å²) in [4.78, 5) is 37.9. The second-order valence-corrected chi connectivity index (χ2v) is 9.84. The molecule has 7 heteroatoms. The summed E-state index contributed by atoms with van der Waals surface area (Å²) in [6.07, 6.45) is 0.937. The lowest BCUT2D eigenvalue weighted by atomic mass is 9.85. The molecule has 0 aliphatic rings. The van der Waals surface area contributed by atoms with E-state index < -0.39 is 11.9 Å². The molecule has 1 aromatic heterocycles. The molecule has 6 nitrogen and oxygen atoms in total. The standard InChI is InChI=1S/C24H31NO5S/c1-8-29-23(28)18-12-20(14(2)13-24(5,6)7)31-22(18)25-21(27)17-10-9-11-19(15(17)3)30-16(4)26/h9-12,14H,8,13H2,1-7H3,(H,25,27)/t14-/m1/s1. The summed E-state index contributed by atoms with van der Waals surface area (Å²) in [5, 5.41) is 3.32. The summed E-state index contributed by atoms with van der Waals surface area (Å²) in [6.45, 7) is 13.6. The highest BCUT2D eigenvalue weighted by Gasteiger charge is 2.25. The fourth-order valence-corrected chi connectivity index (χ4v) is 4.51. The first-order valence-corrected chi connectivity index (χ1v) is 11.1. The van der Waals surface area contributed by atoms with Gasteiger partial charge in [0.05, 0.1) is 12.2 Å². The van der Waals surface area contributed by atoms with E-state index in [9.17, 15) is 14.4 Å². The fraction of sp³-hybridized carbons (Fsp3) is 0.458. The van der Waals surface area contributed by atoms with Crippen LogP contribution in [0.2, 0.25) is 0 Å². The average molecular weight is 446 g/mol. The monoisotopic (exact) mass is 445 g/mol. The van der Waals surface area contributed by atoms with Crippen molar-refractivity contribution in [2.45, 2.75) is 60.8 Å². The molecule has 0 saturated carbocycles. The highest BCUT2D eigenvalue weighted by molar-refractivity contribution is 7.16. The maximum Gasteiger partial charge on any atom is 0.341 e. The third kappa shape index (κ3) is 6.66. The van der Waals surface area contributed by atoms with E-state index >= 15 is 0 Å². The molecule has 0 aliphatic carbocycles. The number of rotatable bonds is 7. The van der Waals surface area contributed by atoms with Crippen molar-refractivity contribution in [3.8, 4) is 5.75 Å². The number of ether oxygens (including phenoxy) is 2. The van der Waals surface area contributed by atoms with Crippen molar-refractivity contribution < 1.29 is 23.9 Å². The average Bonchev–Trinajstić information content (AvgIpc) is 3.06. The summed E-state index contributed by atoms with van der Waals surface area (Å²) < 4.78 is 10.4. The molecular formula is C24H31NO5S. The van der Waals surface area contributed by atoms with Crippen molar-refractivity contribution in [1.29, 1.82) is 0 Å². The number of hydrogen-bond donors (Lipinski definition) is 1. The molecular weight excluding hydrogens is 414 g/mol. The minimum absolute atomic E-state index is 0.130. The topological polar surface area (TPSA) is 81.7 Å². The van der Waals surface area contributed by atoms with E-state index in [1.54, 1.807) is 32.0 Å². The quantitative estimate of drug-likeness (QED) is 0.421. The van der Waals surface area contributed by atoms with E-state index in [0.29, 0.717) is 27.4 Å². The van der Waals surface area contributed by atoms with Gasteiger partial charge in [-0.25, -0.2) is 4.79 Å². The van der Waals surface area contributed by atoms with Gasteiger partial charge < -0.3 is 14.8 Å². The van der Waals surface area contributed by atoms with Crippen LogP contribution in [0.4, 0.5) is 5.00 Å². The number of esters is 2. The van der Waals surface area contributed by atoms with Crippen molar-refractivity contribution in [3.63, 3.8) is 0 Å². The lowest BCUT2D eigenvalue weighted by Gasteiger charge is -2.22. The van der Waals surface area contributed by atoms with Crippen LogP contribution in [-0.2, 0) is 9.53 Å². The number of hydrogen-bond acceptors (Lipinski definition) is 6. The minimum Gasteiger partial charge on any atom is -0.462 e. The van der Waals surface area contributed by atoms with Gasteiger partial charge in [-0.2, -0.15) is 0 Å². The molecule has 0 radical (unpaired) electrons. The SMILES string of the molecule is CCOC(=O)c1cc([C@H](C)CC(C)(C)C)sc1NC(=O)c1cccc(OC(C)=O)c1C. The zero-order valence-corrected chi connectivity index (χ0v) is 20.1. The second kappa shape index (κ2) is 10.1. The lowest BCUT2D eigenvalue weighted by Crippen LogP contribution is -2.16. The van der Waals surface area contributed by atoms with E-state index in [4.69, 9.17) is 9.47 Å². The summed E-state index contributed by atoms with van der Waals surface area (Å²) in [5.41, 5.74) is 1.40. The molecule has 168 valence electrons. The molecule has 0 spiro atoms. The molecule has 1 heterocycles. The van der Waals surface area contributed by atoms with Gasteiger partial charge in [-0.05, 0) is 49.8 Å². The third-order valence-electron chi connectivity index (χ3n) is 4.66. The van der Waals surface area contributed by atoms with Gasteiger partial charge in [0.25, 0.3) is 5.91 Å². The van der Waals surface area contributed by atoms with E-state index in [0.717, 1.165) is 11.3 Å². The summed E-state index contributed by atoms with van der Waals surface area (Å²) in [7, 11) is 0. The molecule has 2 aromatic rings. The maximum atomic E-state index is 13.0. The van der Waals surface area contributed by atoms with Gasteiger partial charge in [0, 0.05) is 22.9 Å². The molecule has 0 bridgehead atoms. The Bertz CT molecular complexity index is 971. The number of thiophene rings is 1. The minimum atomic E-state index is -0.464. The number of anilines is 1. The molecule has 0 unspecified atom stereocenters.